The van der Waals surface area contributed by atoms with Gasteiger partial charge in [-0.05, 0) is 110 Å². The van der Waals surface area contributed by atoms with Gasteiger partial charge in [0.25, 0.3) is 0 Å². The summed E-state index contributed by atoms with van der Waals surface area (Å²) in [6.07, 6.45) is 33.5. The Morgan fingerprint density at radius 2 is 1.17 bits per heavy atom. The van der Waals surface area contributed by atoms with E-state index >= 15 is 0 Å². The number of carbonyl (C=O) groups excluding carboxylic acids is 3. The van der Waals surface area contributed by atoms with Crippen LogP contribution in [0, 0.1) is 17.3 Å². The van der Waals surface area contributed by atoms with E-state index in [9.17, 15) is 14.4 Å². The molecule has 4 unspecified atom stereocenters. The number of ether oxygens (including phenoxy) is 3. The standard InChI is InChI=1S/C46H85NO6/c1-6-8-10-18-25-39(26-19-11-9-7-2)33-36-51-43(48)29-22-16-12-14-20-27-41(52-44(49)31-24-35-47(4)5)28-21-15-13-17-23-30-45(50)53-42-37-40-32-34-46(42,3)38-40/h39-42H,6-38H2,1-5H3. The van der Waals surface area contributed by atoms with E-state index in [0.717, 1.165) is 109 Å². The first-order chi connectivity index (χ1) is 25.6. The lowest BCUT2D eigenvalue weighted by Crippen LogP contribution is -2.31. The van der Waals surface area contributed by atoms with Gasteiger partial charge in [-0.1, -0.05) is 124 Å². The number of nitrogens with zero attached hydrogens (tertiary/aromatic N) is 1. The van der Waals surface area contributed by atoms with Crippen molar-refractivity contribution in [3.63, 3.8) is 0 Å². The maximum Gasteiger partial charge on any atom is 0.306 e. The molecule has 2 fully saturated rings. The van der Waals surface area contributed by atoms with E-state index in [2.05, 4.69) is 25.7 Å². The number of hydrogen-bond acceptors (Lipinski definition) is 7. The molecule has 2 aliphatic rings. The van der Waals surface area contributed by atoms with Crippen LogP contribution in [0.25, 0.3) is 0 Å². The summed E-state index contributed by atoms with van der Waals surface area (Å²) in [5.41, 5.74) is 0.229. The fraction of sp³-hybridized carbons (Fsp3) is 0.935. The van der Waals surface area contributed by atoms with Gasteiger partial charge in [0.2, 0.25) is 0 Å². The zero-order chi connectivity index (χ0) is 38.6. The number of fused-ring (bicyclic) bond motifs is 2. The Labute approximate surface area is 327 Å². The SMILES string of the molecule is CCCCCCC(CCCCCC)CCOC(=O)CCCCCCCC(CCCCCCCC(=O)OC1CC2CCC1(C)C2)OC(=O)CCCN(C)C. The van der Waals surface area contributed by atoms with Crippen LogP contribution in [-0.4, -0.2) is 62.3 Å². The third-order valence-corrected chi connectivity index (χ3v) is 12.3. The molecule has 0 aromatic carbocycles. The molecule has 0 aromatic rings. The average molecular weight is 748 g/mol. The van der Waals surface area contributed by atoms with Gasteiger partial charge in [0, 0.05) is 24.7 Å². The Balaban J connectivity index is 1.57. The van der Waals surface area contributed by atoms with Crippen molar-refractivity contribution in [2.45, 2.75) is 232 Å². The molecule has 7 nitrogen and oxygen atoms in total. The van der Waals surface area contributed by atoms with Crippen LogP contribution in [0.4, 0.5) is 0 Å². The molecule has 0 amide bonds. The molecule has 0 aliphatic heterocycles. The summed E-state index contributed by atoms with van der Waals surface area (Å²) < 4.78 is 17.6. The van der Waals surface area contributed by atoms with Gasteiger partial charge < -0.3 is 19.1 Å². The second kappa shape index (κ2) is 29.6. The third kappa shape index (κ3) is 23.1. The number of rotatable bonds is 35. The molecule has 7 heteroatoms. The number of hydrogen-bond donors (Lipinski definition) is 0. The van der Waals surface area contributed by atoms with Crippen molar-refractivity contribution in [3.8, 4) is 0 Å². The molecule has 0 aromatic heterocycles. The van der Waals surface area contributed by atoms with Crippen LogP contribution in [-0.2, 0) is 28.6 Å². The minimum Gasteiger partial charge on any atom is -0.466 e. The molecule has 53 heavy (non-hydrogen) atoms. The first-order valence-electron chi connectivity index (χ1n) is 22.8. The lowest BCUT2D eigenvalue weighted by atomic mass is 9.84. The van der Waals surface area contributed by atoms with Crippen LogP contribution < -0.4 is 0 Å². The van der Waals surface area contributed by atoms with E-state index in [0.29, 0.717) is 31.8 Å². The summed E-state index contributed by atoms with van der Waals surface area (Å²) in [6.45, 7) is 8.30. The third-order valence-electron chi connectivity index (χ3n) is 12.3. The zero-order valence-corrected chi connectivity index (χ0v) is 35.5. The Kier molecular flexibility index (Phi) is 26.6. The zero-order valence-electron chi connectivity index (χ0n) is 35.5. The van der Waals surface area contributed by atoms with Crippen molar-refractivity contribution >= 4 is 17.9 Å². The van der Waals surface area contributed by atoms with E-state index in [-0.39, 0.29) is 35.5 Å². The van der Waals surface area contributed by atoms with Crippen molar-refractivity contribution < 1.29 is 28.6 Å². The topological polar surface area (TPSA) is 82.1 Å². The lowest BCUT2D eigenvalue weighted by Gasteiger charge is -2.30. The molecule has 2 saturated carbocycles. The highest BCUT2D eigenvalue weighted by Crippen LogP contribution is 2.55. The predicted molar refractivity (Wildman–Crippen MR) is 219 cm³/mol. The van der Waals surface area contributed by atoms with Gasteiger partial charge in [0.15, 0.2) is 0 Å². The molecule has 0 spiro atoms. The van der Waals surface area contributed by atoms with E-state index in [1.165, 1.54) is 83.5 Å². The summed E-state index contributed by atoms with van der Waals surface area (Å²) in [6, 6.07) is 0. The van der Waals surface area contributed by atoms with Gasteiger partial charge in [-0.15, -0.1) is 0 Å². The predicted octanol–water partition coefficient (Wildman–Crippen LogP) is 12.3. The summed E-state index contributed by atoms with van der Waals surface area (Å²) in [5, 5.41) is 0. The molecule has 0 saturated heterocycles. The van der Waals surface area contributed by atoms with Crippen LogP contribution in [0.1, 0.15) is 220 Å². The van der Waals surface area contributed by atoms with Crippen molar-refractivity contribution in [1.82, 2.24) is 4.90 Å². The van der Waals surface area contributed by atoms with E-state index < -0.39 is 0 Å². The highest BCUT2D eigenvalue weighted by Gasteiger charge is 2.50. The molecular formula is C46H85NO6. The highest BCUT2D eigenvalue weighted by molar-refractivity contribution is 5.70. The Bertz CT molecular complexity index is 942. The maximum atomic E-state index is 12.6. The first kappa shape index (κ1) is 47.5. The lowest BCUT2D eigenvalue weighted by molar-refractivity contribution is -0.155. The van der Waals surface area contributed by atoms with Crippen LogP contribution in [0.15, 0.2) is 0 Å². The quantitative estimate of drug-likeness (QED) is 0.0363. The van der Waals surface area contributed by atoms with Gasteiger partial charge in [-0.25, -0.2) is 0 Å². The Morgan fingerprint density at radius 3 is 1.72 bits per heavy atom. The van der Waals surface area contributed by atoms with Crippen LogP contribution in [0.2, 0.25) is 0 Å². The first-order valence-corrected chi connectivity index (χ1v) is 22.8. The van der Waals surface area contributed by atoms with E-state index in [1.807, 2.05) is 14.1 Å². The molecular weight excluding hydrogens is 663 g/mol. The maximum absolute atomic E-state index is 12.6. The number of esters is 3. The van der Waals surface area contributed by atoms with Gasteiger partial charge in [0.05, 0.1) is 6.61 Å². The Hall–Kier alpha value is -1.63. The molecule has 2 bridgehead atoms. The van der Waals surface area contributed by atoms with Crippen LogP contribution in [0.5, 0.6) is 0 Å². The van der Waals surface area contributed by atoms with Crippen molar-refractivity contribution in [3.05, 3.63) is 0 Å². The number of unbranched alkanes of at least 4 members (excludes halogenated alkanes) is 14. The molecule has 2 rings (SSSR count). The van der Waals surface area contributed by atoms with Crippen molar-refractivity contribution in [2.24, 2.45) is 17.3 Å². The molecule has 0 radical (unpaired) electrons. The van der Waals surface area contributed by atoms with Gasteiger partial charge >= 0.3 is 17.9 Å². The normalized spacial score (nSPS) is 20.0. The number of carbonyl (C=O) groups is 3. The van der Waals surface area contributed by atoms with Gasteiger partial charge in [-0.2, -0.15) is 0 Å². The second-order valence-corrected chi connectivity index (χ2v) is 17.7. The fourth-order valence-electron chi connectivity index (χ4n) is 8.84. The average Bonchev–Trinajstić information content (AvgIpc) is 3.65. The van der Waals surface area contributed by atoms with Crippen molar-refractivity contribution in [2.75, 3.05) is 27.2 Å². The molecule has 4 atom stereocenters. The summed E-state index contributed by atoms with van der Waals surface area (Å²) in [7, 11) is 4.06. The molecule has 0 heterocycles. The molecule has 2 aliphatic carbocycles. The minimum atomic E-state index is -0.0717. The van der Waals surface area contributed by atoms with Crippen molar-refractivity contribution in [1.29, 1.82) is 0 Å². The minimum absolute atomic E-state index is 0.00903. The summed E-state index contributed by atoms with van der Waals surface area (Å²) in [4.78, 5) is 39.6. The second-order valence-electron chi connectivity index (χ2n) is 17.7. The highest BCUT2D eigenvalue weighted by atomic mass is 16.5. The van der Waals surface area contributed by atoms with E-state index in [4.69, 9.17) is 14.2 Å². The monoisotopic (exact) mass is 748 g/mol. The fourth-order valence-corrected chi connectivity index (χ4v) is 8.84. The molecule has 0 N–H and O–H groups in total. The van der Waals surface area contributed by atoms with Gasteiger partial charge in [0.1, 0.15) is 12.2 Å². The Morgan fingerprint density at radius 1 is 0.642 bits per heavy atom. The summed E-state index contributed by atoms with van der Waals surface area (Å²) in [5.74, 6) is 1.35. The smallest absolute Gasteiger partial charge is 0.306 e. The molecule has 310 valence electrons. The van der Waals surface area contributed by atoms with Crippen LogP contribution in [0.3, 0.4) is 0 Å². The summed E-state index contributed by atoms with van der Waals surface area (Å²) >= 11 is 0. The van der Waals surface area contributed by atoms with Crippen LogP contribution >= 0.6 is 0 Å². The van der Waals surface area contributed by atoms with Gasteiger partial charge in [-0.3, -0.25) is 14.4 Å². The largest absolute Gasteiger partial charge is 0.466 e. The van der Waals surface area contributed by atoms with E-state index in [1.54, 1.807) is 0 Å².